The molecule has 2 aromatic rings. The molecule has 0 bridgehead atoms. The van der Waals surface area contributed by atoms with E-state index in [4.69, 9.17) is 15.9 Å². The van der Waals surface area contributed by atoms with Crippen LogP contribution >= 0.6 is 24.0 Å². The van der Waals surface area contributed by atoms with Gasteiger partial charge in [0, 0.05) is 6.54 Å². The highest BCUT2D eigenvalue weighted by atomic mass is 127. The van der Waals surface area contributed by atoms with Crippen molar-refractivity contribution in [3.05, 3.63) is 54.1 Å². The maximum atomic E-state index is 5.86. The van der Waals surface area contributed by atoms with Crippen LogP contribution in [0.15, 0.2) is 53.5 Å². The fourth-order valence-electron chi connectivity index (χ4n) is 2.14. The van der Waals surface area contributed by atoms with Gasteiger partial charge in [0.05, 0.1) is 20.2 Å². The van der Waals surface area contributed by atoms with Crippen LogP contribution in [0, 0.1) is 12.3 Å². The molecule has 2 aromatic carbocycles. The first-order valence-corrected chi connectivity index (χ1v) is 8.12. The Hall–Kier alpha value is -2.40. The zero-order valence-corrected chi connectivity index (χ0v) is 17.3. The fourth-order valence-corrected chi connectivity index (χ4v) is 2.14. The van der Waals surface area contributed by atoms with Crippen molar-refractivity contribution >= 4 is 29.9 Å². The second-order valence-corrected chi connectivity index (χ2v) is 5.15. The summed E-state index contributed by atoms with van der Waals surface area (Å²) in [6.45, 7) is 3.78. The molecule has 138 valence electrons. The number of hydrogen-bond donors (Lipinski definition) is 2. The summed E-state index contributed by atoms with van der Waals surface area (Å²) in [6, 6.07) is 15.4. The van der Waals surface area contributed by atoms with Crippen LogP contribution in [0.4, 0.5) is 0 Å². The predicted molar refractivity (Wildman–Crippen MR) is 117 cm³/mol. The molecule has 0 aromatic heterocycles. The Bertz CT molecular complexity index is 739. The molecule has 0 heterocycles. The number of hydrogen-bond acceptors (Lipinski definition) is 3. The molecule has 0 amide bonds. The van der Waals surface area contributed by atoms with Crippen molar-refractivity contribution in [2.24, 2.45) is 4.99 Å². The molecule has 0 aliphatic rings. The largest absolute Gasteiger partial charge is 0.493 e. The van der Waals surface area contributed by atoms with Gasteiger partial charge in [0.1, 0.15) is 5.75 Å². The molecule has 0 radical (unpaired) electrons. The lowest BCUT2D eigenvalue weighted by atomic mass is 10.2. The highest BCUT2D eigenvalue weighted by Crippen LogP contribution is 2.30. The van der Waals surface area contributed by atoms with Crippen molar-refractivity contribution in [3.63, 3.8) is 0 Å². The topological polar surface area (TPSA) is 54.9 Å². The Balaban J connectivity index is 0.00000338. The first-order valence-electron chi connectivity index (χ1n) is 8.12. The molecule has 0 aliphatic carbocycles. The third-order valence-electron chi connectivity index (χ3n) is 3.34. The summed E-state index contributed by atoms with van der Waals surface area (Å²) in [6.07, 6.45) is 5.26. The Kier molecular flexibility index (Phi) is 10.0. The Morgan fingerprint density at radius 2 is 1.77 bits per heavy atom. The molecule has 0 fully saturated rings. The summed E-state index contributed by atoms with van der Waals surface area (Å²) >= 11 is 0. The fraction of sp³-hybridized carbons (Fsp3) is 0.250. The van der Waals surface area contributed by atoms with Gasteiger partial charge in [-0.2, -0.15) is 0 Å². The van der Waals surface area contributed by atoms with Crippen LogP contribution in [-0.4, -0.2) is 26.2 Å². The molecule has 0 aliphatic heterocycles. The quantitative estimate of drug-likeness (QED) is 0.283. The highest BCUT2D eigenvalue weighted by Gasteiger charge is 2.04. The highest BCUT2D eigenvalue weighted by molar-refractivity contribution is 14.0. The van der Waals surface area contributed by atoms with E-state index >= 15 is 0 Å². The van der Waals surface area contributed by atoms with Crippen molar-refractivity contribution in [3.8, 4) is 29.6 Å². The Labute approximate surface area is 172 Å². The lowest BCUT2D eigenvalue weighted by Gasteiger charge is -2.11. The van der Waals surface area contributed by atoms with Gasteiger partial charge in [-0.1, -0.05) is 30.2 Å². The molecule has 2 N–H and O–H groups in total. The monoisotopic (exact) mass is 465 g/mol. The van der Waals surface area contributed by atoms with Crippen LogP contribution in [0.5, 0.6) is 17.2 Å². The first-order chi connectivity index (χ1) is 12.3. The summed E-state index contributed by atoms with van der Waals surface area (Å²) in [5, 5.41) is 6.21. The van der Waals surface area contributed by atoms with E-state index < -0.39 is 0 Å². The van der Waals surface area contributed by atoms with E-state index in [1.807, 2.05) is 55.5 Å². The molecule has 0 atom stereocenters. The van der Waals surface area contributed by atoms with Gasteiger partial charge >= 0.3 is 0 Å². The van der Waals surface area contributed by atoms with Crippen molar-refractivity contribution < 1.29 is 9.47 Å². The maximum Gasteiger partial charge on any atom is 0.192 e. The summed E-state index contributed by atoms with van der Waals surface area (Å²) in [4.78, 5) is 4.50. The molecule has 26 heavy (non-hydrogen) atoms. The van der Waals surface area contributed by atoms with Gasteiger partial charge in [0.2, 0.25) is 0 Å². The average Bonchev–Trinajstić information content (AvgIpc) is 2.65. The van der Waals surface area contributed by atoms with Crippen molar-refractivity contribution in [2.45, 2.75) is 13.5 Å². The van der Waals surface area contributed by atoms with Crippen molar-refractivity contribution in [1.29, 1.82) is 0 Å². The number of para-hydroxylation sites is 2. The zero-order chi connectivity index (χ0) is 17.9. The third kappa shape index (κ3) is 6.84. The number of nitrogens with zero attached hydrogens (tertiary/aromatic N) is 1. The lowest BCUT2D eigenvalue weighted by molar-refractivity contribution is 0.379. The number of rotatable bonds is 7. The standard InChI is InChI=1S/C20H23N3O2.HI/c1-4-14-22-20(21-5-2)23-15-16-10-12-17(13-11-16)25-19-9-7-6-8-18(19)24-3;/h1,6-13H,5,14-15H2,2-3H3,(H2,21,22,23);1H. The van der Waals surface area contributed by atoms with E-state index in [2.05, 4.69) is 21.5 Å². The molecule has 2 rings (SSSR count). The first kappa shape index (κ1) is 21.6. The Morgan fingerprint density at radius 1 is 1.08 bits per heavy atom. The molecule has 0 saturated carbocycles. The summed E-state index contributed by atoms with van der Waals surface area (Å²) in [5.74, 6) is 5.37. The van der Waals surface area contributed by atoms with Crippen molar-refractivity contribution in [1.82, 2.24) is 10.6 Å². The third-order valence-corrected chi connectivity index (χ3v) is 3.34. The normalized spacial score (nSPS) is 10.3. The van der Waals surface area contributed by atoms with Crippen molar-refractivity contribution in [2.75, 3.05) is 20.2 Å². The number of halogens is 1. The molecule has 6 heteroatoms. The van der Waals surface area contributed by atoms with Gasteiger partial charge in [0.25, 0.3) is 0 Å². The average molecular weight is 465 g/mol. The van der Waals surface area contributed by atoms with Gasteiger partial charge in [0.15, 0.2) is 17.5 Å². The molecule has 0 unspecified atom stereocenters. The van der Waals surface area contributed by atoms with E-state index in [0.717, 1.165) is 17.9 Å². The second-order valence-electron chi connectivity index (χ2n) is 5.15. The summed E-state index contributed by atoms with van der Waals surface area (Å²) in [7, 11) is 1.62. The minimum absolute atomic E-state index is 0. The van der Waals surface area contributed by atoms with E-state index in [1.165, 1.54) is 0 Å². The number of methoxy groups -OCH3 is 1. The smallest absolute Gasteiger partial charge is 0.192 e. The van der Waals surface area contributed by atoms with E-state index in [0.29, 0.717) is 30.5 Å². The van der Waals surface area contributed by atoms with E-state index in [-0.39, 0.29) is 24.0 Å². The van der Waals surface area contributed by atoms with Gasteiger partial charge in [-0.25, -0.2) is 4.99 Å². The second kappa shape index (κ2) is 12.0. The molecule has 5 nitrogen and oxygen atoms in total. The zero-order valence-electron chi connectivity index (χ0n) is 15.0. The van der Waals surface area contributed by atoms with E-state index in [9.17, 15) is 0 Å². The molecular weight excluding hydrogens is 441 g/mol. The predicted octanol–water partition coefficient (Wildman–Crippen LogP) is 3.79. The summed E-state index contributed by atoms with van der Waals surface area (Å²) < 4.78 is 11.2. The number of nitrogens with one attached hydrogen (secondary N) is 2. The number of terminal acetylenes is 1. The maximum absolute atomic E-state index is 5.86. The van der Waals surface area contributed by atoms with Crippen LogP contribution < -0.4 is 20.1 Å². The van der Waals surface area contributed by atoms with Gasteiger partial charge in [-0.15, -0.1) is 30.4 Å². The van der Waals surface area contributed by atoms with Crippen LogP contribution in [-0.2, 0) is 6.54 Å². The number of ether oxygens (including phenoxy) is 2. The van der Waals surface area contributed by atoms with Gasteiger partial charge < -0.3 is 20.1 Å². The Morgan fingerprint density at radius 3 is 2.38 bits per heavy atom. The number of benzene rings is 2. The van der Waals surface area contributed by atoms with Gasteiger partial charge in [-0.3, -0.25) is 0 Å². The van der Waals surface area contributed by atoms with Crippen LogP contribution in [0.3, 0.4) is 0 Å². The summed E-state index contributed by atoms with van der Waals surface area (Å²) in [5.41, 5.74) is 1.07. The van der Waals surface area contributed by atoms with E-state index in [1.54, 1.807) is 7.11 Å². The lowest BCUT2D eigenvalue weighted by Crippen LogP contribution is -2.37. The molecule has 0 spiro atoms. The van der Waals surface area contributed by atoms with Crippen LogP contribution in [0.2, 0.25) is 0 Å². The van der Waals surface area contributed by atoms with Crippen LogP contribution in [0.25, 0.3) is 0 Å². The SMILES string of the molecule is C#CCNC(=NCc1ccc(Oc2ccccc2OC)cc1)NCC.I. The minimum atomic E-state index is 0. The van der Waals surface area contributed by atoms with Gasteiger partial charge in [-0.05, 0) is 36.8 Å². The molecular formula is C20H24IN3O2. The number of aliphatic imine (C=N–C) groups is 1. The molecule has 0 saturated heterocycles. The van der Waals surface area contributed by atoms with Crippen LogP contribution in [0.1, 0.15) is 12.5 Å². The number of guanidine groups is 1. The minimum Gasteiger partial charge on any atom is -0.493 e.